The van der Waals surface area contributed by atoms with Crippen LogP contribution >= 0.6 is 34.5 Å². The van der Waals surface area contributed by atoms with Crippen LogP contribution in [-0.2, 0) is 20.1 Å². The summed E-state index contributed by atoms with van der Waals surface area (Å²) in [7, 11) is 1.94. The van der Waals surface area contributed by atoms with E-state index in [2.05, 4.69) is 37.3 Å². The summed E-state index contributed by atoms with van der Waals surface area (Å²) in [6.45, 7) is 5.08. The summed E-state index contributed by atoms with van der Waals surface area (Å²) in [5, 5.41) is 18.2. The number of hydrogen-bond acceptors (Lipinski definition) is 4. The molecule has 1 atom stereocenters. The van der Waals surface area contributed by atoms with Gasteiger partial charge in [-0.2, -0.15) is 0 Å². The quantitative estimate of drug-likeness (QED) is 0.441. The van der Waals surface area contributed by atoms with Gasteiger partial charge in [-0.05, 0) is 43.0 Å². The van der Waals surface area contributed by atoms with Gasteiger partial charge in [-0.3, -0.25) is 0 Å². The first kappa shape index (κ1) is 20.6. The van der Waals surface area contributed by atoms with Crippen molar-refractivity contribution in [3.05, 3.63) is 67.8 Å². The van der Waals surface area contributed by atoms with E-state index in [4.69, 9.17) is 23.2 Å². The molecule has 0 amide bonds. The fourth-order valence-corrected chi connectivity index (χ4v) is 3.50. The molecule has 0 radical (unpaired) electrons. The van der Waals surface area contributed by atoms with Crippen molar-refractivity contribution < 1.29 is 0 Å². The van der Waals surface area contributed by atoms with E-state index in [0.29, 0.717) is 29.1 Å². The number of guanidine groups is 1. The average Bonchev–Trinajstić information content (AvgIpc) is 3.31. The van der Waals surface area contributed by atoms with Gasteiger partial charge in [-0.25, -0.2) is 4.99 Å². The second-order valence-electron chi connectivity index (χ2n) is 6.36. The largest absolute Gasteiger partial charge is 0.351 e. The van der Waals surface area contributed by atoms with Crippen LogP contribution in [0.25, 0.3) is 0 Å². The second kappa shape index (κ2) is 9.41. The van der Waals surface area contributed by atoms with Crippen LogP contribution in [0.4, 0.5) is 0 Å². The lowest BCUT2D eigenvalue weighted by atomic mass is 10.1. The molecule has 3 aromatic rings. The Balaban J connectivity index is 1.75. The van der Waals surface area contributed by atoms with Crippen molar-refractivity contribution in [1.82, 2.24) is 25.4 Å². The van der Waals surface area contributed by atoms with Crippen molar-refractivity contribution in [2.75, 3.05) is 0 Å². The van der Waals surface area contributed by atoms with E-state index >= 15 is 0 Å². The van der Waals surface area contributed by atoms with Gasteiger partial charge in [0.25, 0.3) is 0 Å². The number of aliphatic imine (C=N–C) groups is 1. The van der Waals surface area contributed by atoms with E-state index in [1.165, 1.54) is 4.88 Å². The molecule has 9 heteroatoms. The molecule has 1 unspecified atom stereocenters. The minimum absolute atomic E-state index is 0.00872. The van der Waals surface area contributed by atoms with Gasteiger partial charge >= 0.3 is 0 Å². The summed E-state index contributed by atoms with van der Waals surface area (Å²) < 4.78 is 1.93. The highest BCUT2D eigenvalue weighted by atomic mass is 35.5. The first-order valence-corrected chi connectivity index (χ1v) is 10.4. The van der Waals surface area contributed by atoms with Crippen molar-refractivity contribution in [3.63, 3.8) is 0 Å². The van der Waals surface area contributed by atoms with Crippen molar-refractivity contribution >= 4 is 40.5 Å². The van der Waals surface area contributed by atoms with Crippen LogP contribution < -0.4 is 10.6 Å². The van der Waals surface area contributed by atoms with Crippen LogP contribution in [0.3, 0.4) is 0 Å². The zero-order valence-corrected chi connectivity index (χ0v) is 18.2. The Labute approximate surface area is 178 Å². The van der Waals surface area contributed by atoms with Gasteiger partial charge in [0.2, 0.25) is 0 Å². The number of nitrogens with zero attached hydrogens (tertiary/aromatic N) is 4. The minimum Gasteiger partial charge on any atom is -0.351 e. The number of nitrogens with one attached hydrogen (secondary N) is 2. The monoisotopic (exact) mass is 436 g/mol. The lowest BCUT2D eigenvalue weighted by Crippen LogP contribution is -2.38. The van der Waals surface area contributed by atoms with E-state index in [0.717, 1.165) is 17.2 Å². The van der Waals surface area contributed by atoms with E-state index in [-0.39, 0.29) is 6.04 Å². The molecule has 0 bridgehead atoms. The Morgan fingerprint density at radius 1 is 1.25 bits per heavy atom. The first-order valence-electron chi connectivity index (χ1n) is 8.81. The number of benzene rings is 1. The number of aromatic nitrogens is 3. The molecule has 6 nitrogen and oxygen atoms in total. The molecule has 2 heterocycles. The highest BCUT2D eigenvalue weighted by Crippen LogP contribution is 2.25. The highest BCUT2D eigenvalue weighted by molar-refractivity contribution is 7.09. The number of hydrogen-bond donors (Lipinski definition) is 2. The molecule has 0 aliphatic carbocycles. The fraction of sp³-hybridized carbons (Fsp3) is 0.316. The van der Waals surface area contributed by atoms with Gasteiger partial charge in [0.15, 0.2) is 11.8 Å². The van der Waals surface area contributed by atoms with Crippen LogP contribution in [0.1, 0.15) is 35.1 Å². The molecule has 3 rings (SSSR count). The Morgan fingerprint density at radius 3 is 2.71 bits per heavy atom. The Kier molecular flexibility index (Phi) is 6.93. The molecule has 0 spiro atoms. The molecule has 2 aromatic heterocycles. The van der Waals surface area contributed by atoms with E-state index < -0.39 is 0 Å². The number of thiophene rings is 1. The SMILES string of the molecule is Cc1nnc(CN=C(NCc2cccs2)NC(C)c2ccc(Cl)c(Cl)c2)n1C. The Hall–Kier alpha value is -2.09. The fourth-order valence-electron chi connectivity index (χ4n) is 2.55. The zero-order chi connectivity index (χ0) is 20.1. The van der Waals surface area contributed by atoms with Crippen molar-refractivity contribution in [2.24, 2.45) is 12.0 Å². The van der Waals surface area contributed by atoms with Gasteiger partial charge in [-0.15, -0.1) is 21.5 Å². The normalized spacial score (nSPS) is 12.8. The molecule has 0 fully saturated rings. The van der Waals surface area contributed by atoms with Gasteiger partial charge in [0.1, 0.15) is 12.4 Å². The molecule has 148 valence electrons. The Bertz CT molecular complexity index is 951. The summed E-state index contributed by atoms with van der Waals surface area (Å²) >= 11 is 13.9. The smallest absolute Gasteiger partial charge is 0.192 e. The maximum Gasteiger partial charge on any atom is 0.192 e. The minimum atomic E-state index is -0.00872. The van der Waals surface area contributed by atoms with Crippen molar-refractivity contribution in [1.29, 1.82) is 0 Å². The maximum absolute atomic E-state index is 6.16. The van der Waals surface area contributed by atoms with Gasteiger partial charge in [0, 0.05) is 11.9 Å². The average molecular weight is 437 g/mol. The molecule has 0 saturated carbocycles. The van der Waals surface area contributed by atoms with Gasteiger partial charge in [0.05, 0.1) is 22.6 Å². The van der Waals surface area contributed by atoms with Crippen molar-refractivity contribution in [3.8, 4) is 0 Å². The molecule has 0 aliphatic rings. The summed E-state index contributed by atoms with van der Waals surface area (Å²) in [6, 6.07) is 9.73. The molecular weight excluding hydrogens is 415 g/mol. The predicted molar refractivity (Wildman–Crippen MR) is 116 cm³/mol. The molecule has 0 saturated heterocycles. The van der Waals surface area contributed by atoms with E-state index in [1.807, 2.05) is 43.7 Å². The summed E-state index contributed by atoms with van der Waals surface area (Å²) in [5.74, 6) is 2.35. The third-order valence-electron chi connectivity index (χ3n) is 4.37. The summed E-state index contributed by atoms with van der Waals surface area (Å²) in [5.41, 5.74) is 1.02. The van der Waals surface area contributed by atoms with Crippen molar-refractivity contribution in [2.45, 2.75) is 33.0 Å². The molecule has 28 heavy (non-hydrogen) atoms. The van der Waals surface area contributed by atoms with Crippen LogP contribution in [-0.4, -0.2) is 20.7 Å². The Morgan fingerprint density at radius 2 is 2.07 bits per heavy atom. The van der Waals surface area contributed by atoms with Crippen LogP contribution in [0.2, 0.25) is 10.0 Å². The van der Waals surface area contributed by atoms with Crippen LogP contribution in [0.15, 0.2) is 40.7 Å². The lowest BCUT2D eigenvalue weighted by Gasteiger charge is -2.19. The van der Waals surface area contributed by atoms with E-state index in [1.54, 1.807) is 17.4 Å². The van der Waals surface area contributed by atoms with Gasteiger partial charge in [-0.1, -0.05) is 35.3 Å². The highest BCUT2D eigenvalue weighted by Gasteiger charge is 2.11. The maximum atomic E-state index is 6.16. The molecule has 1 aromatic carbocycles. The summed E-state index contributed by atoms with van der Waals surface area (Å²) in [4.78, 5) is 5.92. The van der Waals surface area contributed by atoms with Crippen LogP contribution in [0, 0.1) is 6.92 Å². The van der Waals surface area contributed by atoms with E-state index in [9.17, 15) is 0 Å². The first-order chi connectivity index (χ1) is 13.4. The number of halogens is 2. The number of rotatable bonds is 6. The summed E-state index contributed by atoms with van der Waals surface area (Å²) in [6.07, 6.45) is 0. The third-order valence-corrected chi connectivity index (χ3v) is 5.98. The second-order valence-corrected chi connectivity index (χ2v) is 8.21. The standard InChI is InChI=1S/C19H22Cl2N6S/c1-12(14-6-7-16(20)17(21)9-14)24-19(22-10-15-5-4-8-28-15)23-11-18-26-25-13(2)27(18)3/h4-9,12H,10-11H2,1-3H3,(H2,22,23,24). The number of aryl methyl sites for hydroxylation is 1. The molecule has 2 N–H and O–H groups in total. The third kappa shape index (κ3) is 5.25. The lowest BCUT2D eigenvalue weighted by molar-refractivity contribution is 0.677. The topological polar surface area (TPSA) is 67.1 Å². The predicted octanol–water partition coefficient (Wildman–Crippen LogP) is 4.49. The molecule has 0 aliphatic heterocycles. The zero-order valence-electron chi connectivity index (χ0n) is 15.9. The van der Waals surface area contributed by atoms with Crippen LogP contribution in [0.5, 0.6) is 0 Å². The molecular formula is C19H22Cl2N6S. The van der Waals surface area contributed by atoms with Gasteiger partial charge < -0.3 is 15.2 Å².